The minimum Gasteiger partial charge on any atom is -0.483 e. The van der Waals surface area contributed by atoms with Gasteiger partial charge in [-0.05, 0) is 54.3 Å². The Bertz CT molecular complexity index is 1160. The van der Waals surface area contributed by atoms with Crippen LogP contribution in [0.2, 0.25) is 0 Å². The van der Waals surface area contributed by atoms with Crippen molar-refractivity contribution in [3.63, 3.8) is 0 Å². The van der Waals surface area contributed by atoms with E-state index in [1.54, 1.807) is 11.3 Å². The zero-order valence-corrected chi connectivity index (χ0v) is 18.1. The van der Waals surface area contributed by atoms with Gasteiger partial charge in [-0.3, -0.25) is 4.79 Å². The number of nitrogens with zero attached hydrogens (tertiary/aromatic N) is 1. The van der Waals surface area contributed by atoms with Crippen LogP contribution in [0.15, 0.2) is 66.7 Å². The molecule has 30 heavy (non-hydrogen) atoms. The van der Waals surface area contributed by atoms with Crippen molar-refractivity contribution in [1.29, 1.82) is 0 Å². The highest BCUT2D eigenvalue weighted by atomic mass is 32.1. The van der Waals surface area contributed by atoms with Crippen LogP contribution >= 0.6 is 11.3 Å². The van der Waals surface area contributed by atoms with Crippen LogP contribution < -0.4 is 10.1 Å². The molecule has 0 fully saturated rings. The number of hydrogen-bond acceptors (Lipinski definition) is 4. The Morgan fingerprint density at radius 3 is 2.63 bits per heavy atom. The topological polar surface area (TPSA) is 51.2 Å². The molecule has 0 saturated carbocycles. The molecular formula is C25H24N2O2S. The summed E-state index contributed by atoms with van der Waals surface area (Å²) in [4.78, 5) is 17.4. The van der Waals surface area contributed by atoms with Crippen molar-refractivity contribution in [2.24, 2.45) is 0 Å². The van der Waals surface area contributed by atoms with Crippen molar-refractivity contribution in [2.75, 3.05) is 11.9 Å². The molecule has 0 unspecified atom stereocenters. The molecule has 0 aliphatic rings. The van der Waals surface area contributed by atoms with Gasteiger partial charge in [-0.1, -0.05) is 50.2 Å². The molecule has 0 atom stereocenters. The van der Waals surface area contributed by atoms with Gasteiger partial charge in [0, 0.05) is 5.56 Å². The van der Waals surface area contributed by atoms with Crippen molar-refractivity contribution in [1.82, 2.24) is 4.98 Å². The zero-order valence-electron chi connectivity index (χ0n) is 17.3. The van der Waals surface area contributed by atoms with Crippen LogP contribution in [0.25, 0.3) is 20.8 Å². The number of benzene rings is 3. The number of anilines is 1. The second kappa shape index (κ2) is 8.67. The normalized spacial score (nSPS) is 11.1. The molecule has 0 radical (unpaired) electrons. The Labute approximate surface area is 180 Å². The van der Waals surface area contributed by atoms with Crippen molar-refractivity contribution in [3.05, 3.63) is 77.9 Å². The Morgan fingerprint density at radius 1 is 1.07 bits per heavy atom. The monoisotopic (exact) mass is 416 g/mol. The second-order valence-corrected chi connectivity index (χ2v) is 8.60. The molecule has 152 valence electrons. The molecule has 0 saturated heterocycles. The molecule has 3 aromatic carbocycles. The van der Waals surface area contributed by atoms with E-state index in [-0.39, 0.29) is 12.5 Å². The van der Waals surface area contributed by atoms with E-state index >= 15 is 0 Å². The average molecular weight is 417 g/mol. The number of fused-ring (bicyclic) bond motifs is 1. The summed E-state index contributed by atoms with van der Waals surface area (Å²) in [6.07, 6.45) is 0. The van der Waals surface area contributed by atoms with Crippen LogP contribution in [0.3, 0.4) is 0 Å². The first-order chi connectivity index (χ1) is 14.5. The van der Waals surface area contributed by atoms with E-state index in [0.29, 0.717) is 5.92 Å². The highest BCUT2D eigenvalue weighted by Gasteiger charge is 2.14. The van der Waals surface area contributed by atoms with Crippen LogP contribution in [-0.2, 0) is 4.79 Å². The fraction of sp³-hybridized carbons (Fsp3) is 0.200. The van der Waals surface area contributed by atoms with E-state index in [9.17, 15) is 4.79 Å². The molecule has 1 aromatic heterocycles. The lowest BCUT2D eigenvalue weighted by molar-refractivity contribution is -0.118. The maximum absolute atomic E-state index is 12.7. The molecule has 4 aromatic rings. The summed E-state index contributed by atoms with van der Waals surface area (Å²) in [6.45, 7) is 6.21. The summed E-state index contributed by atoms with van der Waals surface area (Å²) >= 11 is 1.61. The van der Waals surface area contributed by atoms with Crippen molar-refractivity contribution in [2.45, 2.75) is 26.7 Å². The first kappa shape index (κ1) is 20.1. The van der Waals surface area contributed by atoms with Gasteiger partial charge in [0.15, 0.2) is 6.61 Å². The van der Waals surface area contributed by atoms with Crippen LogP contribution in [0.4, 0.5) is 5.69 Å². The van der Waals surface area contributed by atoms with Crippen molar-refractivity contribution in [3.8, 4) is 16.3 Å². The SMILES string of the molecule is Cc1ccc(C(C)C)c(OCC(=O)Nc2ccccc2-c2nc3ccccc3s2)c1. The summed E-state index contributed by atoms with van der Waals surface area (Å²) in [5, 5.41) is 3.87. The largest absolute Gasteiger partial charge is 0.483 e. The molecule has 0 aliphatic carbocycles. The smallest absolute Gasteiger partial charge is 0.262 e. The van der Waals surface area contributed by atoms with Crippen LogP contribution in [0.5, 0.6) is 5.75 Å². The number of nitrogens with one attached hydrogen (secondary N) is 1. The van der Waals surface area contributed by atoms with E-state index in [0.717, 1.165) is 43.4 Å². The standard InChI is InChI=1S/C25H24N2O2S/c1-16(2)18-13-12-17(3)14-22(18)29-15-24(28)26-20-9-5-4-8-19(20)25-27-21-10-6-7-11-23(21)30-25/h4-14,16H,15H2,1-3H3,(H,26,28). The molecule has 1 N–H and O–H groups in total. The Balaban J connectivity index is 1.52. The molecule has 4 rings (SSSR count). The van der Waals surface area contributed by atoms with Gasteiger partial charge in [0.2, 0.25) is 0 Å². The quantitative estimate of drug-likeness (QED) is 0.395. The number of ether oxygens (including phenoxy) is 1. The predicted molar refractivity (Wildman–Crippen MR) is 124 cm³/mol. The second-order valence-electron chi connectivity index (χ2n) is 7.57. The van der Waals surface area contributed by atoms with Gasteiger partial charge < -0.3 is 10.1 Å². The van der Waals surface area contributed by atoms with Crippen LogP contribution in [0, 0.1) is 6.92 Å². The van der Waals surface area contributed by atoms with E-state index < -0.39 is 0 Å². The van der Waals surface area contributed by atoms with E-state index in [1.807, 2.05) is 55.5 Å². The van der Waals surface area contributed by atoms with E-state index in [1.165, 1.54) is 0 Å². The molecule has 0 spiro atoms. The lowest BCUT2D eigenvalue weighted by atomic mass is 10.0. The highest BCUT2D eigenvalue weighted by Crippen LogP contribution is 2.34. The van der Waals surface area contributed by atoms with Crippen LogP contribution in [0.1, 0.15) is 30.9 Å². The fourth-order valence-electron chi connectivity index (χ4n) is 3.34. The van der Waals surface area contributed by atoms with Crippen LogP contribution in [-0.4, -0.2) is 17.5 Å². The molecule has 1 amide bonds. The third-order valence-corrected chi connectivity index (χ3v) is 5.94. The molecule has 5 heteroatoms. The predicted octanol–water partition coefficient (Wildman–Crippen LogP) is 6.41. The number of aromatic nitrogens is 1. The molecule has 0 bridgehead atoms. The third-order valence-electron chi connectivity index (χ3n) is 4.88. The number of para-hydroxylation sites is 2. The first-order valence-corrected chi connectivity index (χ1v) is 10.8. The molecule has 1 heterocycles. The summed E-state index contributed by atoms with van der Waals surface area (Å²) in [5.41, 5.74) is 4.81. The first-order valence-electron chi connectivity index (χ1n) is 9.99. The minimum absolute atomic E-state index is 0.0443. The maximum atomic E-state index is 12.7. The minimum atomic E-state index is -0.195. The van der Waals surface area contributed by atoms with Crippen molar-refractivity contribution < 1.29 is 9.53 Å². The van der Waals surface area contributed by atoms with E-state index in [4.69, 9.17) is 9.72 Å². The van der Waals surface area contributed by atoms with Gasteiger partial charge in [0.1, 0.15) is 10.8 Å². The molecule has 0 aliphatic heterocycles. The number of hydrogen-bond donors (Lipinski definition) is 1. The van der Waals surface area contributed by atoms with Gasteiger partial charge in [-0.25, -0.2) is 4.98 Å². The zero-order chi connectivity index (χ0) is 21.1. The average Bonchev–Trinajstić information content (AvgIpc) is 3.16. The van der Waals surface area contributed by atoms with Gasteiger partial charge in [-0.2, -0.15) is 0 Å². The van der Waals surface area contributed by atoms with Gasteiger partial charge in [0.25, 0.3) is 5.91 Å². The third kappa shape index (κ3) is 4.36. The number of rotatable bonds is 6. The lowest BCUT2D eigenvalue weighted by Crippen LogP contribution is -2.21. The number of carbonyl (C=O) groups excluding carboxylic acids is 1. The van der Waals surface area contributed by atoms with Gasteiger partial charge >= 0.3 is 0 Å². The van der Waals surface area contributed by atoms with Gasteiger partial charge in [0.05, 0.1) is 15.9 Å². The highest BCUT2D eigenvalue weighted by molar-refractivity contribution is 7.21. The summed E-state index contributed by atoms with van der Waals surface area (Å²) in [6, 6.07) is 21.9. The molecule has 4 nitrogen and oxygen atoms in total. The summed E-state index contributed by atoms with van der Waals surface area (Å²) in [7, 11) is 0. The number of carbonyl (C=O) groups is 1. The summed E-state index contributed by atoms with van der Waals surface area (Å²) < 4.78 is 7.00. The molecular weight excluding hydrogens is 392 g/mol. The van der Waals surface area contributed by atoms with Crippen molar-refractivity contribution >= 4 is 33.1 Å². The maximum Gasteiger partial charge on any atom is 0.262 e. The Morgan fingerprint density at radius 2 is 1.83 bits per heavy atom. The number of thiazole rings is 1. The number of amides is 1. The Kier molecular flexibility index (Phi) is 5.81. The number of aryl methyl sites for hydroxylation is 1. The van der Waals surface area contributed by atoms with E-state index in [2.05, 4.69) is 37.4 Å². The lowest BCUT2D eigenvalue weighted by Gasteiger charge is -2.15. The Hall–Kier alpha value is -3.18. The summed E-state index contributed by atoms with van der Waals surface area (Å²) in [5.74, 6) is 0.891. The fourth-order valence-corrected chi connectivity index (χ4v) is 4.34. The van der Waals surface area contributed by atoms with Gasteiger partial charge in [-0.15, -0.1) is 11.3 Å².